The summed E-state index contributed by atoms with van der Waals surface area (Å²) in [5.41, 5.74) is 4.81. The second kappa shape index (κ2) is 9.35. The molecule has 1 fully saturated rings. The summed E-state index contributed by atoms with van der Waals surface area (Å²) in [6, 6.07) is 17.5. The third kappa shape index (κ3) is 5.00. The molecule has 4 heteroatoms. The van der Waals surface area contributed by atoms with E-state index in [0.717, 1.165) is 45.4 Å². The number of anilines is 1. The van der Waals surface area contributed by atoms with Crippen molar-refractivity contribution in [3.8, 4) is 0 Å². The van der Waals surface area contributed by atoms with Gasteiger partial charge in [0.15, 0.2) is 0 Å². The summed E-state index contributed by atoms with van der Waals surface area (Å²) in [7, 11) is 4.17. The van der Waals surface area contributed by atoms with Crippen LogP contribution in [0.1, 0.15) is 23.1 Å². The van der Waals surface area contributed by atoms with Gasteiger partial charge >= 0.3 is 0 Å². The Morgan fingerprint density at radius 3 is 2.00 bits per heavy atom. The van der Waals surface area contributed by atoms with E-state index in [0.29, 0.717) is 6.42 Å². The zero-order chi connectivity index (χ0) is 20.0. The lowest BCUT2D eigenvalue weighted by Gasteiger charge is -2.39. The first-order chi connectivity index (χ1) is 13.5. The predicted octanol–water partition coefficient (Wildman–Crippen LogP) is 3.51. The molecule has 0 saturated carbocycles. The van der Waals surface area contributed by atoms with E-state index in [1.807, 2.05) is 0 Å². The highest BCUT2D eigenvalue weighted by Gasteiger charge is 2.33. The van der Waals surface area contributed by atoms with Crippen molar-refractivity contribution in [1.29, 1.82) is 0 Å². The molecule has 3 rings (SSSR count). The van der Waals surface area contributed by atoms with Crippen molar-refractivity contribution in [3.05, 3.63) is 65.2 Å². The van der Waals surface area contributed by atoms with Crippen LogP contribution in [0.25, 0.3) is 0 Å². The smallest absolute Gasteiger partial charge is 0.121 e. The van der Waals surface area contributed by atoms with Crippen LogP contribution in [0, 0.1) is 6.92 Å². The first kappa shape index (κ1) is 20.6. The minimum absolute atomic E-state index is 0.225. The molecule has 0 bridgehead atoms. The van der Waals surface area contributed by atoms with E-state index >= 15 is 0 Å². The molecule has 0 radical (unpaired) electrons. The number of carbonyl (C=O) groups excluding carboxylic acids is 1. The molecule has 0 spiro atoms. The first-order valence-corrected chi connectivity index (χ1v) is 10.1. The fourth-order valence-corrected chi connectivity index (χ4v) is 3.97. The largest absolute Gasteiger partial charge is 0.378 e. The van der Waals surface area contributed by atoms with Crippen LogP contribution in [0.2, 0.25) is 0 Å². The zero-order valence-corrected chi connectivity index (χ0v) is 17.4. The molecule has 4 nitrogen and oxygen atoms in total. The Kier molecular flexibility index (Phi) is 6.87. The number of aryl methyl sites for hydroxylation is 1. The van der Waals surface area contributed by atoms with Crippen LogP contribution in [0.3, 0.4) is 0 Å². The maximum absolute atomic E-state index is 11.6. The summed E-state index contributed by atoms with van der Waals surface area (Å²) in [6.07, 6.45) is 3.27. The highest BCUT2D eigenvalue weighted by Crippen LogP contribution is 2.28. The topological polar surface area (TPSA) is 32.8 Å². The molecule has 1 heterocycles. The first-order valence-electron chi connectivity index (χ1n) is 10.1. The third-order valence-corrected chi connectivity index (χ3v) is 5.91. The quantitative estimate of drug-likeness (QED) is 0.656. The van der Waals surface area contributed by atoms with Gasteiger partial charge in [0.25, 0.3) is 0 Å². The molecule has 0 aliphatic carbocycles. The van der Waals surface area contributed by atoms with E-state index in [4.69, 9.17) is 4.74 Å². The van der Waals surface area contributed by atoms with Gasteiger partial charge < -0.3 is 19.3 Å². The monoisotopic (exact) mass is 380 g/mol. The lowest BCUT2D eigenvalue weighted by atomic mass is 9.81. The number of hydrogen-bond acceptors (Lipinski definition) is 4. The van der Waals surface area contributed by atoms with E-state index < -0.39 is 0 Å². The van der Waals surface area contributed by atoms with Crippen LogP contribution in [-0.2, 0) is 22.4 Å². The van der Waals surface area contributed by atoms with E-state index in [-0.39, 0.29) is 5.54 Å². The Morgan fingerprint density at radius 1 is 0.964 bits per heavy atom. The average molecular weight is 381 g/mol. The molecular formula is C24H32N2O2. The Bertz CT molecular complexity index is 749. The number of benzene rings is 2. The van der Waals surface area contributed by atoms with Crippen molar-refractivity contribution in [1.82, 2.24) is 4.90 Å². The number of aldehydes is 1. The van der Waals surface area contributed by atoms with Gasteiger partial charge in [0, 0.05) is 30.7 Å². The van der Waals surface area contributed by atoms with Crippen molar-refractivity contribution < 1.29 is 9.53 Å². The zero-order valence-electron chi connectivity index (χ0n) is 17.4. The van der Waals surface area contributed by atoms with Crippen LogP contribution in [-0.4, -0.2) is 57.1 Å². The van der Waals surface area contributed by atoms with Crippen molar-refractivity contribution in [2.75, 3.05) is 45.3 Å². The van der Waals surface area contributed by atoms with Gasteiger partial charge in [-0.2, -0.15) is 0 Å². The molecule has 0 amide bonds. The molecule has 1 unspecified atom stereocenters. The number of ether oxygens (including phenoxy) is 1. The highest BCUT2D eigenvalue weighted by atomic mass is 16.5. The van der Waals surface area contributed by atoms with Crippen LogP contribution in [0.5, 0.6) is 0 Å². The Morgan fingerprint density at radius 2 is 1.50 bits per heavy atom. The Labute approximate surface area is 169 Å². The molecule has 150 valence electrons. The normalized spacial score (nSPS) is 16.8. The lowest BCUT2D eigenvalue weighted by Crippen LogP contribution is -2.48. The third-order valence-electron chi connectivity index (χ3n) is 5.91. The fraction of sp³-hybridized carbons (Fsp3) is 0.458. The van der Waals surface area contributed by atoms with Gasteiger partial charge in [-0.25, -0.2) is 0 Å². The summed E-state index contributed by atoms with van der Waals surface area (Å²) in [5.74, 6) is 0. The van der Waals surface area contributed by atoms with Crippen molar-refractivity contribution >= 4 is 12.0 Å². The van der Waals surface area contributed by atoms with Gasteiger partial charge in [-0.3, -0.25) is 0 Å². The predicted molar refractivity (Wildman–Crippen MR) is 115 cm³/mol. The standard InChI is InChI=1S/C24H32N2O2/c1-20-4-6-21(7-5-20)18-24(12-15-27,25(2)3)19-22-8-10-23(11-9-22)26-13-16-28-17-14-26/h4-11,15H,12-14,16-19H2,1-3H3. The molecule has 0 N–H and O–H groups in total. The van der Waals surface area contributed by atoms with E-state index in [2.05, 4.69) is 79.3 Å². The summed E-state index contributed by atoms with van der Waals surface area (Å²) in [4.78, 5) is 16.2. The van der Waals surface area contributed by atoms with Crippen molar-refractivity contribution in [3.63, 3.8) is 0 Å². The summed E-state index contributed by atoms with van der Waals surface area (Å²) in [6.45, 7) is 5.58. The lowest BCUT2D eigenvalue weighted by molar-refractivity contribution is -0.110. The Hall–Kier alpha value is -2.17. The van der Waals surface area contributed by atoms with Crippen molar-refractivity contribution in [2.24, 2.45) is 0 Å². The summed E-state index contributed by atoms with van der Waals surface area (Å²) < 4.78 is 5.45. The molecule has 2 aromatic rings. The fourth-order valence-electron chi connectivity index (χ4n) is 3.97. The maximum Gasteiger partial charge on any atom is 0.121 e. The van der Waals surface area contributed by atoms with Gasteiger partial charge in [0.05, 0.1) is 13.2 Å². The van der Waals surface area contributed by atoms with Crippen LogP contribution in [0.4, 0.5) is 5.69 Å². The average Bonchev–Trinajstić information content (AvgIpc) is 2.71. The van der Waals surface area contributed by atoms with Gasteiger partial charge in [0.2, 0.25) is 0 Å². The number of nitrogens with zero attached hydrogens (tertiary/aromatic N) is 2. The van der Waals surface area contributed by atoms with Crippen molar-refractivity contribution in [2.45, 2.75) is 31.7 Å². The number of rotatable bonds is 8. The molecule has 0 aromatic heterocycles. The number of morpholine rings is 1. The molecule has 2 aromatic carbocycles. The molecular weight excluding hydrogens is 348 g/mol. The van der Waals surface area contributed by atoms with Crippen LogP contribution < -0.4 is 4.90 Å². The molecule has 28 heavy (non-hydrogen) atoms. The second-order valence-corrected chi connectivity index (χ2v) is 8.09. The summed E-state index contributed by atoms with van der Waals surface area (Å²) in [5, 5.41) is 0. The number of hydrogen-bond donors (Lipinski definition) is 0. The van der Waals surface area contributed by atoms with Gasteiger partial charge in [-0.15, -0.1) is 0 Å². The SMILES string of the molecule is Cc1ccc(CC(CC=O)(Cc2ccc(N3CCOCC3)cc2)N(C)C)cc1. The van der Waals surface area contributed by atoms with Gasteiger partial charge in [0.1, 0.15) is 6.29 Å². The van der Waals surface area contributed by atoms with Gasteiger partial charge in [-0.1, -0.05) is 42.0 Å². The Balaban J connectivity index is 1.80. The van der Waals surface area contributed by atoms with Crippen LogP contribution in [0.15, 0.2) is 48.5 Å². The van der Waals surface area contributed by atoms with Gasteiger partial charge in [-0.05, 0) is 57.1 Å². The molecule has 1 saturated heterocycles. The highest BCUT2D eigenvalue weighted by molar-refractivity contribution is 5.53. The molecule has 1 aliphatic heterocycles. The molecule has 1 aliphatic rings. The maximum atomic E-state index is 11.6. The summed E-state index contributed by atoms with van der Waals surface area (Å²) >= 11 is 0. The molecule has 1 atom stereocenters. The minimum Gasteiger partial charge on any atom is -0.378 e. The van der Waals surface area contributed by atoms with E-state index in [9.17, 15) is 4.79 Å². The van der Waals surface area contributed by atoms with Crippen LogP contribution >= 0.6 is 0 Å². The van der Waals surface area contributed by atoms with E-state index in [1.165, 1.54) is 22.4 Å². The van der Waals surface area contributed by atoms with E-state index in [1.54, 1.807) is 0 Å². The second-order valence-electron chi connectivity index (χ2n) is 8.09. The minimum atomic E-state index is -0.225. The number of carbonyl (C=O) groups is 1. The number of likely N-dealkylation sites (N-methyl/N-ethyl adjacent to an activating group) is 1.